The molecule has 0 bridgehead atoms. The second-order valence-electron chi connectivity index (χ2n) is 5.33. The van der Waals surface area contributed by atoms with Gasteiger partial charge in [-0.05, 0) is 13.0 Å². The van der Waals surface area contributed by atoms with Gasteiger partial charge in [-0.1, -0.05) is 12.1 Å². The first kappa shape index (κ1) is 19.8. The molecule has 0 aromatic heterocycles. The Morgan fingerprint density at radius 3 is 2.48 bits per heavy atom. The monoisotopic (exact) mass is 408 g/mol. The standard InChI is InChI=1S/C14H21N2O4.HI/c1-11(16(3,4)9-10-20-12(2)17)13-7-5-6-8-14(13)15(18)19;/h5-8,11H,9-10H2,1-4H3;1H/q+1;/p-1. The second kappa shape index (κ2) is 8.28. The Hall–Kier alpha value is -1.22. The number of carbonyl (C=O) groups is 1. The number of para-hydroxylation sites is 1. The number of benzene rings is 1. The minimum atomic E-state index is -0.363. The number of hydrogen-bond acceptors (Lipinski definition) is 4. The van der Waals surface area contributed by atoms with E-state index in [1.165, 1.54) is 13.0 Å². The lowest BCUT2D eigenvalue weighted by atomic mass is 10.0. The Bertz CT molecular complexity index is 506. The van der Waals surface area contributed by atoms with Crippen LogP contribution >= 0.6 is 0 Å². The predicted octanol–water partition coefficient (Wildman–Crippen LogP) is -0.701. The molecule has 0 amide bonds. The van der Waals surface area contributed by atoms with Crippen LogP contribution in [0.2, 0.25) is 0 Å². The number of halogens is 1. The molecule has 7 heteroatoms. The summed E-state index contributed by atoms with van der Waals surface area (Å²) in [6.45, 7) is 4.20. The number of quaternary nitrogens is 1. The van der Waals surface area contributed by atoms with Crippen molar-refractivity contribution in [3.05, 3.63) is 39.9 Å². The van der Waals surface area contributed by atoms with E-state index in [9.17, 15) is 14.9 Å². The van der Waals surface area contributed by atoms with Gasteiger partial charge in [0.1, 0.15) is 19.2 Å². The van der Waals surface area contributed by atoms with Crippen LogP contribution in [0.25, 0.3) is 0 Å². The van der Waals surface area contributed by atoms with Crippen LogP contribution in [0.4, 0.5) is 5.69 Å². The normalized spacial score (nSPS) is 12.2. The minimum Gasteiger partial charge on any atom is -1.00 e. The maximum atomic E-state index is 11.1. The Morgan fingerprint density at radius 2 is 1.95 bits per heavy atom. The number of carbonyl (C=O) groups excluding carboxylic acids is 1. The van der Waals surface area contributed by atoms with E-state index in [1.54, 1.807) is 18.2 Å². The minimum absolute atomic E-state index is 0. The zero-order chi connectivity index (χ0) is 15.3. The molecule has 0 aliphatic carbocycles. The number of nitro groups is 1. The van der Waals surface area contributed by atoms with E-state index in [2.05, 4.69) is 0 Å². The van der Waals surface area contributed by atoms with Crippen LogP contribution in [-0.2, 0) is 9.53 Å². The molecule has 0 radical (unpaired) electrons. The lowest BCUT2D eigenvalue weighted by molar-refractivity contribution is -0.919. The van der Waals surface area contributed by atoms with Gasteiger partial charge in [-0.25, -0.2) is 0 Å². The molecule has 1 rings (SSSR count). The number of likely N-dealkylation sites (N-methyl/N-ethyl adjacent to an activating group) is 1. The molecule has 1 atom stereocenters. The molecular formula is C14H21IN2O4. The smallest absolute Gasteiger partial charge is 0.302 e. The first-order valence-electron chi connectivity index (χ1n) is 6.45. The van der Waals surface area contributed by atoms with Gasteiger partial charge in [0, 0.05) is 13.0 Å². The summed E-state index contributed by atoms with van der Waals surface area (Å²) in [6, 6.07) is 6.66. The molecule has 0 spiro atoms. The van der Waals surface area contributed by atoms with Gasteiger partial charge in [0.05, 0.1) is 24.6 Å². The van der Waals surface area contributed by atoms with E-state index in [-0.39, 0.29) is 46.6 Å². The third-order valence-electron chi connectivity index (χ3n) is 3.60. The fourth-order valence-electron chi connectivity index (χ4n) is 2.00. The molecule has 0 fully saturated rings. The molecule has 0 saturated heterocycles. The lowest BCUT2D eigenvalue weighted by Gasteiger charge is -2.35. The van der Waals surface area contributed by atoms with E-state index < -0.39 is 0 Å². The number of nitro benzene ring substituents is 1. The Balaban J connectivity index is 0.00000400. The van der Waals surface area contributed by atoms with Crippen molar-refractivity contribution >= 4 is 11.7 Å². The molecular weight excluding hydrogens is 387 g/mol. The van der Waals surface area contributed by atoms with E-state index >= 15 is 0 Å². The van der Waals surface area contributed by atoms with Crippen LogP contribution in [-0.4, -0.2) is 42.6 Å². The summed E-state index contributed by atoms with van der Waals surface area (Å²) in [7, 11) is 3.93. The van der Waals surface area contributed by atoms with Gasteiger partial charge in [-0.2, -0.15) is 0 Å². The topological polar surface area (TPSA) is 69.4 Å². The van der Waals surface area contributed by atoms with Gasteiger partial charge >= 0.3 is 5.97 Å². The zero-order valence-electron chi connectivity index (χ0n) is 12.7. The van der Waals surface area contributed by atoms with Crippen molar-refractivity contribution in [2.75, 3.05) is 27.2 Å². The van der Waals surface area contributed by atoms with E-state index in [4.69, 9.17) is 4.74 Å². The van der Waals surface area contributed by atoms with Crippen molar-refractivity contribution in [1.82, 2.24) is 0 Å². The number of hydrogen-bond donors (Lipinski definition) is 0. The lowest BCUT2D eigenvalue weighted by Crippen LogP contribution is -3.00. The van der Waals surface area contributed by atoms with Crippen molar-refractivity contribution in [3.8, 4) is 0 Å². The molecule has 6 nitrogen and oxygen atoms in total. The maximum Gasteiger partial charge on any atom is 0.302 e. The summed E-state index contributed by atoms with van der Waals surface area (Å²) in [6.07, 6.45) is 0. The van der Waals surface area contributed by atoms with E-state index in [0.717, 1.165) is 0 Å². The van der Waals surface area contributed by atoms with Crippen LogP contribution in [0.1, 0.15) is 25.5 Å². The van der Waals surface area contributed by atoms with Crippen LogP contribution in [0.3, 0.4) is 0 Å². The summed E-state index contributed by atoms with van der Waals surface area (Å²) in [5, 5.41) is 11.1. The van der Waals surface area contributed by atoms with Gasteiger partial charge in [0.2, 0.25) is 0 Å². The van der Waals surface area contributed by atoms with E-state index in [0.29, 0.717) is 23.2 Å². The van der Waals surface area contributed by atoms with E-state index in [1.807, 2.05) is 21.0 Å². The van der Waals surface area contributed by atoms with Crippen molar-refractivity contribution in [1.29, 1.82) is 0 Å². The quantitative estimate of drug-likeness (QED) is 0.205. The molecule has 0 saturated carbocycles. The second-order valence-corrected chi connectivity index (χ2v) is 5.33. The van der Waals surface area contributed by atoms with Crippen LogP contribution in [0, 0.1) is 10.1 Å². The number of ether oxygens (including phenoxy) is 1. The molecule has 1 unspecified atom stereocenters. The molecule has 0 N–H and O–H groups in total. The molecule has 0 aliphatic rings. The SMILES string of the molecule is CC(=O)OCC[N+](C)(C)C(C)c1ccccc1[N+](=O)[O-].[I-]. The maximum absolute atomic E-state index is 11.1. The highest BCUT2D eigenvalue weighted by Crippen LogP contribution is 2.31. The molecule has 21 heavy (non-hydrogen) atoms. The average molecular weight is 408 g/mol. The first-order chi connectivity index (χ1) is 9.25. The number of rotatable bonds is 6. The summed E-state index contributed by atoms with van der Waals surface area (Å²) in [4.78, 5) is 21.5. The van der Waals surface area contributed by atoms with Crippen LogP contribution in [0.5, 0.6) is 0 Å². The molecule has 0 aliphatic heterocycles. The van der Waals surface area contributed by atoms with Crippen molar-refractivity contribution in [2.45, 2.75) is 19.9 Å². The molecule has 1 aromatic rings. The fraction of sp³-hybridized carbons (Fsp3) is 0.500. The van der Waals surface area contributed by atoms with Crippen LogP contribution in [0.15, 0.2) is 24.3 Å². The Labute approximate surface area is 141 Å². The summed E-state index contributed by atoms with van der Waals surface area (Å²) < 4.78 is 5.45. The summed E-state index contributed by atoms with van der Waals surface area (Å²) in [5.74, 6) is -0.316. The highest BCUT2D eigenvalue weighted by Gasteiger charge is 2.30. The van der Waals surface area contributed by atoms with Gasteiger partial charge in [-0.3, -0.25) is 14.9 Å². The van der Waals surface area contributed by atoms with Crippen LogP contribution < -0.4 is 24.0 Å². The Morgan fingerprint density at radius 1 is 1.38 bits per heavy atom. The summed E-state index contributed by atoms with van der Waals surface area (Å²) in [5.41, 5.74) is 0.809. The fourth-order valence-corrected chi connectivity index (χ4v) is 2.00. The van der Waals surface area contributed by atoms with Crippen molar-refractivity contribution in [2.24, 2.45) is 0 Å². The highest BCUT2D eigenvalue weighted by molar-refractivity contribution is 5.65. The number of nitrogens with zero attached hydrogens (tertiary/aromatic N) is 2. The molecule has 0 heterocycles. The molecule has 118 valence electrons. The largest absolute Gasteiger partial charge is 1.00 e. The zero-order valence-corrected chi connectivity index (χ0v) is 14.9. The average Bonchev–Trinajstić information content (AvgIpc) is 2.37. The third kappa shape index (κ3) is 5.58. The van der Waals surface area contributed by atoms with Gasteiger partial charge in [0.15, 0.2) is 0 Å². The van der Waals surface area contributed by atoms with Crippen molar-refractivity contribution < 1.29 is 42.9 Å². The predicted molar refractivity (Wildman–Crippen MR) is 75.1 cm³/mol. The van der Waals surface area contributed by atoms with Gasteiger partial charge in [-0.15, -0.1) is 0 Å². The summed E-state index contributed by atoms with van der Waals surface area (Å²) >= 11 is 0. The first-order valence-corrected chi connectivity index (χ1v) is 6.45. The van der Waals surface area contributed by atoms with Gasteiger partial charge in [0.25, 0.3) is 5.69 Å². The van der Waals surface area contributed by atoms with Gasteiger partial charge < -0.3 is 33.2 Å². The number of esters is 1. The highest BCUT2D eigenvalue weighted by atomic mass is 127. The third-order valence-corrected chi connectivity index (χ3v) is 3.60. The Kier molecular flexibility index (Phi) is 7.80. The molecule has 1 aromatic carbocycles. The van der Waals surface area contributed by atoms with Crippen molar-refractivity contribution in [3.63, 3.8) is 0 Å².